The van der Waals surface area contributed by atoms with Gasteiger partial charge in [-0.3, -0.25) is 4.79 Å². The van der Waals surface area contributed by atoms with Crippen LogP contribution in [0, 0.1) is 29.3 Å². The van der Waals surface area contributed by atoms with Gasteiger partial charge in [0.15, 0.2) is 21.5 Å². The number of benzene rings is 1. The van der Waals surface area contributed by atoms with Crippen molar-refractivity contribution in [1.29, 1.82) is 0 Å². The van der Waals surface area contributed by atoms with E-state index in [2.05, 4.69) is 0 Å². The molecular weight excluding hydrogens is 405 g/mol. The number of halogens is 3. The van der Waals surface area contributed by atoms with Crippen LogP contribution in [0.2, 0.25) is 0 Å². The third-order valence-corrected chi connectivity index (χ3v) is 7.26. The summed E-state index contributed by atoms with van der Waals surface area (Å²) in [7, 11) is -3.24. The maximum absolute atomic E-state index is 13.8. The molecule has 1 heterocycles. The van der Waals surface area contributed by atoms with Crippen molar-refractivity contribution in [2.24, 2.45) is 17.6 Å². The Labute approximate surface area is 170 Å². The number of carbonyl (C=O) groups is 1. The first-order chi connectivity index (χ1) is 13.5. The zero-order valence-electron chi connectivity index (χ0n) is 16.8. The SMILES string of the molecule is CC(C)CS(=O)(=O)CCC(=O)N1CCC([C@H](N)Cc2cc(F)c(F)cc2F)CC1. The average Bonchev–Trinajstić information content (AvgIpc) is 2.63. The minimum absolute atomic E-state index is 0.0104. The second-order valence-electron chi connectivity index (χ2n) is 8.20. The second kappa shape index (κ2) is 9.93. The van der Waals surface area contributed by atoms with Crippen molar-refractivity contribution in [1.82, 2.24) is 4.90 Å². The number of rotatable bonds is 8. The van der Waals surface area contributed by atoms with E-state index in [4.69, 9.17) is 5.73 Å². The second-order valence-corrected chi connectivity index (χ2v) is 10.4. The molecule has 2 rings (SSSR count). The zero-order valence-corrected chi connectivity index (χ0v) is 17.7. The minimum atomic E-state index is -3.24. The highest BCUT2D eigenvalue weighted by molar-refractivity contribution is 7.91. The molecule has 0 aromatic heterocycles. The topological polar surface area (TPSA) is 80.5 Å². The van der Waals surface area contributed by atoms with Crippen molar-refractivity contribution >= 4 is 15.7 Å². The molecule has 1 saturated heterocycles. The lowest BCUT2D eigenvalue weighted by molar-refractivity contribution is -0.132. The molecule has 0 radical (unpaired) electrons. The lowest BCUT2D eigenvalue weighted by Crippen LogP contribution is -2.44. The predicted octanol–water partition coefficient (Wildman–Crippen LogP) is 2.67. The van der Waals surface area contributed by atoms with Gasteiger partial charge < -0.3 is 10.6 Å². The van der Waals surface area contributed by atoms with E-state index in [0.29, 0.717) is 32.0 Å². The van der Waals surface area contributed by atoms with Gasteiger partial charge in [-0.1, -0.05) is 13.8 Å². The summed E-state index contributed by atoms with van der Waals surface area (Å²) < 4.78 is 64.1. The van der Waals surface area contributed by atoms with E-state index in [-0.39, 0.29) is 47.7 Å². The monoisotopic (exact) mass is 434 g/mol. The van der Waals surface area contributed by atoms with Crippen molar-refractivity contribution in [3.05, 3.63) is 35.1 Å². The van der Waals surface area contributed by atoms with Crippen LogP contribution in [-0.4, -0.2) is 49.9 Å². The molecule has 1 atom stereocenters. The fourth-order valence-corrected chi connectivity index (χ4v) is 5.38. The van der Waals surface area contributed by atoms with Gasteiger partial charge in [-0.15, -0.1) is 0 Å². The van der Waals surface area contributed by atoms with Gasteiger partial charge in [-0.25, -0.2) is 21.6 Å². The first-order valence-corrected chi connectivity index (χ1v) is 11.7. The summed E-state index contributed by atoms with van der Waals surface area (Å²) in [5.41, 5.74) is 6.19. The standard InChI is InChI=1S/C20H29F3N2O3S/c1-13(2)12-29(27,28)8-5-20(26)25-6-3-14(4-7-25)19(24)10-15-9-17(22)18(23)11-16(15)21/h9,11,13-14,19H,3-8,10,12,24H2,1-2H3/t19-/m1/s1. The van der Waals surface area contributed by atoms with Crippen molar-refractivity contribution in [3.8, 4) is 0 Å². The Morgan fingerprint density at radius 1 is 1.14 bits per heavy atom. The Hall–Kier alpha value is -1.61. The molecule has 0 saturated carbocycles. The van der Waals surface area contributed by atoms with E-state index in [1.54, 1.807) is 4.90 Å². The fourth-order valence-electron chi connectivity index (χ4n) is 3.71. The molecule has 1 fully saturated rings. The predicted molar refractivity (Wildman–Crippen MR) is 105 cm³/mol. The van der Waals surface area contributed by atoms with Gasteiger partial charge in [0.1, 0.15) is 5.82 Å². The average molecular weight is 435 g/mol. The number of nitrogens with two attached hydrogens (primary N) is 1. The smallest absolute Gasteiger partial charge is 0.223 e. The molecule has 0 spiro atoms. The highest BCUT2D eigenvalue weighted by atomic mass is 32.2. The maximum atomic E-state index is 13.8. The molecule has 1 amide bonds. The van der Waals surface area contributed by atoms with E-state index in [0.717, 1.165) is 6.07 Å². The van der Waals surface area contributed by atoms with Gasteiger partial charge in [-0.05, 0) is 42.7 Å². The first-order valence-electron chi connectivity index (χ1n) is 9.85. The summed E-state index contributed by atoms with van der Waals surface area (Å²) in [6.45, 7) is 4.53. The lowest BCUT2D eigenvalue weighted by Gasteiger charge is -2.35. The van der Waals surface area contributed by atoms with Gasteiger partial charge in [0, 0.05) is 31.6 Å². The molecule has 0 bridgehead atoms. The number of piperidine rings is 1. The van der Waals surface area contributed by atoms with E-state index >= 15 is 0 Å². The summed E-state index contributed by atoms with van der Waals surface area (Å²) in [6, 6.07) is 0.908. The van der Waals surface area contributed by atoms with Crippen molar-refractivity contribution in [2.45, 2.75) is 45.6 Å². The zero-order chi connectivity index (χ0) is 21.8. The van der Waals surface area contributed by atoms with Crippen LogP contribution in [0.15, 0.2) is 12.1 Å². The lowest BCUT2D eigenvalue weighted by atomic mass is 9.86. The van der Waals surface area contributed by atoms with E-state index < -0.39 is 33.3 Å². The Morgan fingerprint density at radius 2 is 1.72 bits per heavy atom. The molecule has 164 valence electrons. The third-order valence-electron chi connectivity index (χ3n) is 5.26. The van der Waals surface area contributed by atoms with Crippen LogP contribution in [0.25, 0.3) is 0 Å². The molecule has 0 aliphatic carbocycles. The Morgan fingerprint density at radius 3 is 2.31 bits per heavy atom. The number of nitrogens with zero attached hydrogens (tertiary/aromatic N) is 1. The molecule has 29 heavy (non-hydrogen) atoms. The minimum Gasteiger partial charge on any atom is -0.343 e. The normalized spacial score (nSPS) is 17.0. The van der Waals surface area contributed by atoms with Crippen LogP contribution in [0.5, 0.6) is 0 Å². The van der Waals surface area contributed by atoms with Gasteiger partial charge >= 0.3 is 0 Å². The highest BCUT2D eigenvalue weighted by Crippen LogP contribution is 2.24. The molecule has 1 aliphatic heterocycles. The van der Waals surface area contributed by atoms with Crippen LogP contribution >= 0.6 is 0 Å². The first kappa shape index (κ1) is 23.7. The summed E-state index contributed by atoms with van der Waals surface area (Å²) >= 11 is 0. The summed E-state index contributed by atoms with van der Waals surface area (Å²) in [4.78, 5) is 13.9. The molecule has 1 aromatic carbocycles. The van der Waals surface area contributed by atoms with Crippen LogP contribution < -0.4 is 5.73 Å². The van der Waals surface area contributed by atoms with Crippen molar-refractivity contribution in [3.63, 3.8) is 0 Å². The Balaban J connectivity index is 1.84. The molecule has 1 aliphatic rings. The Kier molecular flexibility index (Phi) is 8.10. The number of likely N-dealkylation sites (tertiary alicyclic amines) is 1. The summed E-state index contributed by atoms with van der Waals surface area (Å²) in [5, 5.41) is 0. The van der Waals surface area contributed by atoms with Crippen molar-refractivity contribution < 1.29 is 26.4 Å². The van der Waals surface area contributed by atoms with E-state index in [9.17, 15) is 26.4 Å². The van der Waals surface area contributed by atoms with Gasteiger partial charge in [-0.2, -0.15) is 0 Å². The molecule has 0 unspecified atom stereocenters. The maximum Gasteiger partial charge on any atom is 0.223 e. The molecule has 2 N–H and O–H groups in total. The number of hydrogen-bond donors (Lipinski definition) is 1. The number of amides is 1. The van der Waals surface area contributed by atoms with Crippen LogP contribution in [0.3, 0.4) is 0 Å². The summed E-state index contributed by atoms with van der Waals surface area (Å²) in [5.74, 6) is -3.42. The molecule has 5 nitrogen and oxygen atoms in total. The number of carbonyl (C=O) groups excluding carboxylic acids is 1. The number of sulfone groups is 1. The summed E-state index contributed by atoms with van der Waals surface area (Å²) in [6.07, 6.45) is 1.23. The van der Waals surface area contributed by atoms with E-state index in [1.165, 1.54) is 0 Å². The van der Waals surface area contributed by atoms with Crippen LogP contribution in [0.4, 0.5) is 13.2 Å². The third kappa shape index (κ3) is 6.99. The van der Waals surface area contributed by atoms with Gasteiger partial charge in [0.05, 0.1) is 11.5 Å². The largest absolute Gasteiger partial charge is 0.343 e. The number of hydrogen-bond acceptors (Lipinski definition) is 4. The Bertz CT molecular complexity index is 823. The van der Waals surface area contributed by atoms with Crippen LogP contribution in [0.1, 0.15) is 38.7 Å². The molecule has 9 heteroatoms. The highest BCUT2D eigenvalue weighted by Gasteiger charge is 2.28. The van der Waals surface area contributed by atoms with Gasteiger partial charge in [0.25, 0.3) is 0 Å². The van der Waals surface area contributed by atoms with Gasteiger partial charge in [0.2, 0.25) is 5.91 Å². The molecular formula is C20H29F3N2O3S. The molecule has 1 aromatic rings. The fraction of sp³-hybridized carbons (Fsp3) is 0.650. The van der Waals surface area contributed by atoms with Crippen LogP contribution in [-0.2, 0) is 21.1 Å². The van der Waals surface area contributed by atoms with Crippen molar-refractivity contribution in [2.75, 3.05) is 24.6 Å². The quantitative estimate of drug-likeness (QED) is 0.638. The van der Waals surface area contributed by atoms with E-state index in [1.807, 2.05) is 13.8 Å².